The van der Waals surface area contributed by atoms with E-state index in [4.69, 9.17) is 23.2 Å². The van der Waals surface area contributed by atoms with Crippen LogP contribution in [-0.2, 0) is 6.42 Å². The Labute approximate surface area is 120 Å². The molecule has 0 spiro atoms. The monoisotopic (exact) mass is 291 g/mol. The zero-order valence-electron chi connectivity index (χ0n) is 10.2. The molecule has 0 unspecified atom stereocenters. The highest BCUT2D eigenvalue weighted by Gasteiger charge is 2.13. The van der Waals surface area contributed by atoms with Gasteiger partial charge in [-0.1, -0.05) is 54.4 Å². The van der Waals surface area contributed by atoms with E-state index in [9.17, 15) is 0 Å². The summed E-state index contributed by atoms with van der Waals surface area (Å²) in [7, 11) is 0. The zero-order chi connectivity index (χ0) is 13.4. The standard InChI is InChI=1S/C14H11Cl2N3/c1-2-8-3-5-9(6-4-8)13-12-10(18-19-13)7-11(15)17-14(12)16/h3-7H,2H2,1H3,(H,18,19). The lowest BCUT2D eigenvalue weighted by atomic mass is 10.1. The van der Waals surface area contributed by atoms with Crippen LogP contribution in [0.3, 0.4) is 0 Å². The van der Waals surface area contributed by atoms with Crippen LogP contribution in [-0.4, -0.2) is 15.2 Å². The van der Waals surface area contributed by atoms with Crippen molar-refractivity contribution in [1.29, 1.82) is 0 Å². The first-order valence-electron chi connectivity index (χ1n) is 5.98. The van der Waals surface area contributed by atoms with Gasteiger partial charge in [0.2, 0.25) is 0 Å². The number of benzene rings is 1. The molecule has 0 aliphatic rings. The normalized spacial score (nSPS) is 11.1. The van der Waals surface area contributed by atoms with Crippen molar-refractivity contribution in [3.8, 4) is 11.3 Å². The maximum absolute atomic E-state index is 6.16. The molecule has 3 nitrogen and oxygen atoms in total. The molecule has 5 heteroatoms. The van der Waals surface area contributed by atoms with Gasteiger partial charge in [0.25, 0.3) is 0 Å². The molecule has 2 aromatic heterocycles. The predicted molar refractivity (Wildman–Crippen MR) is 78.7 cm³/mol. The third-order valence-electron chi connectivity index (χ3n) is 3.10. The smallest absolute Gasteiger partial charge is 0.142 e. The molecule has 19 heavy (non-hydrogen) atoms. The molecular formula is C14H11Cl2N3. The van der Waals surface area contributed by atoms with Crippen LogP contribution < -0.4 is 0 Å². The molecule has 96 valence electrons. The summed E-state index contributed by atoms with van der Waals surface area (Å²) in [6.45, 7) is 2.13. The van der Waals surface area contributed by atoms with Gasteiger partial charge in [-0.15, -0.1) is 0 Å². The summed E-state index contributed by atoms with van der Waals surface area (Å²) in [5, 5.41) is 8.78. The molecule has 0 fully saturated rings. The van der Waals surface area contributed by atoms with E-state index in [1.807, 2.05) is 12.1 Å². The van der Waals surface area contributed by atoms with E-state index in [0.717, 1.165) is 28.6 Å². The van der Waals surface area contributed by atoms with Crippen molar-refractivity contribution in [3.05, 3.63) is 46.2 Å². The number of aromatic nitrogens is 3. The third-order valence-corrected chi connectivity index (χ3v) is 3.57. The Morgan fingerprint density at radius 2 is 1.89 bits per heavy atom. The molecule has 1 N–H and O–H groups in total. The molecule has 0 bridgehead atoms. The number of hydrogen-bond donors (Lipinski definition) is 1. The van der Waals surface area contributed by atoms with E-state index in [2.05, 4.69) is 34.2 Å². The van der Waals surface area contributed by atoms with Gasteiger partial charge in [-0.25, -0.2) is 4.98 Å². The van der Waals surface area contributed by atoms with Gasteiger partial charge in [0, 0.05) is 11.6 Å². The van der Waals surface area contributed by atoms with E-state index in [-0.39, 0.29) is 0 Å². The lowest BCUT2D eigenvalue weighted by Crippen LogP contribution is -1.84. The predicted octanol–water partition coefficient (Wildman–Crippen LogP) is 4.49. The third kappa shape index (κ3) is 2.20. The van der Waals surface area contributed by atoms with E-state index < -0.39 is 0 Å². The Morgan fingerprint density at radius 1 is 1.16 bits per heavy atom. The second-order valence-electron chi connectivity index (χ2n) is 4.28. The number of nitrogens with zero attached hydrogens (tertiary/aromatic N) is 2. The van der Waals surface area contributed by atoms with E-state index in [0.29, 0.717) is 10.3 Å². The summed E-state index contributed by atoms with van der Waals surface area (Å²) < 4.78 is 0. The van der Waals surface area contributed by atoms with Crippen LogP contribution in [0, 0.1) is 0 Å². The van der Waals surface area contributed by atoms with E-state index in [1.54, 1.807) is 6.07 Å². The first-order chi connectivity index (χ1) is 9.19. The SMILES string of the molecule is CCc1ccc(-c2n[nH]c3cc(Cl)nc(Cl)c23)cc1. The molecule has 3 rings (SSSR count). The lowest BCUT2D eigenvalue weighted by Gasteiger charge is -2.01. The van der Waals surface area contributed by atoms with Crippen molar-refractivity contribution < 1.29 is 0 Å². The van der Waals surface area contributed by atoms with E-state index in [1.165, 1.54) is 5.56 Å². The number of nitrogens with one attached hydrogen (secondary N) is 1. The van der Waals surface area contributed by atoms with Crippen molar-refractivity contribution in [1.82, 2.24) is 15.2 Å². The fourth-order valence-corrected chi connectivity index (χ4v) is 2.60. The molecule has 0 saturated heterocycles. The van der Waals surface area contributed by atoms with Crippen molar-refractivity contribution >= 4 is 34.1 Å². The van der Waals surface area contributed by atoms with Gasteiger partial charge in [-0.3, -0.25) is 5.10 Å². The van der Waals surface area contributed by atoms with Gasteiger partial charge >= 0.3 is 0 Å². The molecule has 0 saturated carbocycles. The Bertz CT molecular complexity index is 732. The van der Waals surface area contributed by atoms with Crippen LogP contribution in [0.1, 0.15) is 12.5 Å². The van der Waals surface area contributed by atoms with Crippen LogP contribution in [0.5, 0.6) is 0 Å². The number of aryl methyl sites for hydroxylation is 1. The maximum atomic E-state index is 6.16. The van der Waals surface area contributed by atoms with Gasteiger partial charge in [0.15, 0.2) is 0 Å². The zero-order valence-corrected chi connectivity index (χ0v) is 11.8. The van der Waals surface area contributed by atoms with Crippen molar-refractivity contribution in [2.24, 2.45) is 0 Å². The summed E-state index contributed by atoms with van der Waals surface area (Å²) in [6, 6.07) is 9.98. The van der Waals surface area contributed by atoms with Crippen molar-refractivity contribution in [2.75, 3.05) is 0 Å². The maximum Gasteiger partial charge on any atom is 0.142 e. The minimum Gasteiger partial charge on any atom is -0.277 e. The summed E-state index contributed by atoms with van der Waals surface area (Å²) in [4.78, 5) is 4.06. The molecule has 0 radical (unpaired) electrons. The van der Waals surface area contributed by atoms with Crippen LogP contribution in [0.4, 0.5) is 0 Å². The number of pyridine rings is 1. The van der Waals surface area contributed by atoms with Gasteiger partial charge in [-0.05, 0) is 12.0 Å². The largest absolute Gasteiger partial charge is 0.277 e. The molecule has 0 atom stereocenters. The number of rotatable bonds is 2. The quantitative estimate of drug-likeness (QED) is 0.707. The molecular weight excluding hydrogens is 281 g/mol. The van der Waals surface area contributed by atoms with Gasteiger partial charge in [-0.2, -0.15) is 5.10 Å². The van der Waals surface area contributed by atoms with Crippen LogP contribution in [0.15, 0.2) is 30.3 Å². The summed E-state index contributed by atoms with van der Waals surface area (Å²) in [5.41, 5.74) is 3.89. The van der Waals surface area contributed by atoms with Crippen molar-refractivity contribution in [3.63, 3.8) is 0 Å². The Hall–Kier alpha value is -1.58. The minimum absolute atomic E-state index is 0.356. The molecule has 0 aliphatic carbocycles. The topological polar surface area (TPSA) is 41.6 Å². The molecule has 3 aromatic rings. The Morgan fingerprint density at radius 3 is 2.58 bits per heavy atom. The van der Waals surface area contributed by atoms with Gasteiger partial charge in [0.1, 0.15) is 16.0 Å². The number of fused-ring (bicyclic) bond motifs is 1. The summed E-state index contributed by atoms with van der Waals surface area (Å²) in [6.07, 6.45) is 1.01. The Kier molecular flexibility index (Phi) is 3.17. The highest BCUT2D eigenvalue weighted by atomic mass is 35.5. The molecule has 0 aliphatic heterocycles. The van der Waals surface area contributed by atoms with Gasteiger partial charge in [0.05, 0.1) is 10.9 Å². The number of halogens is 2. The second-order valence-corrected chi connectivity index (χ2v) is 5.03. The van der Waals surface area contributed by atoms with Crippen LogP contribution in [0.25, 0.3) is 22.2 Å². The highest BCUT2D eigenvalue weighted by molar-refractivity contribution is 6.37. The average molecular weight is 292 g/mol. The summed E-state index contributed by atoms with van der Waals surface area (Å²) in [5.74, 6) is 0. The first kappa shape index (κ1) is 12.5. The molecule has 0 amide bonds. The minimum atomic E-state index is 0.356. The van der Waals surface area contributed by atoms with Crippen LogP contribution >= 0.6 is 23.2 Å². The fraction of sp³-hybridized carbons (Fsp3) is 0.143. The van der Waals surface area contributed by atoms with Gasteiger partial charge < -0.3 is 0 Å². The van der Waals surface area contributed by atoms with Crippen molar-refractivity contribution in [2.45, 2.75) is 13.3 Å². The number of hydrogen-bond acceptors (Lipinski definition) is 2. The number of aromatic amines is 1. The highest BCUT2D eigenvalue weighted by Crippen LogP contribution is 2.32. The average Bonchev–Trinajstić information content (AvgIpc) is 2.83. The van der Waals surface area contributed by atoms with E-state index >= 15 is 0 Å². The second kappa shape index (κ2) is 4.83. The Balaban J connectivity index is 2.19. The molecule has 2 heterocycles. The first-order valence-corrected chi connectivity index (χ1v) is 6.74. The molecule has 1 aromatic carbocycles. The lowest BCUT2D eigenvalue weighted by molar-refractivity contribution is 1.12. The fourth-order valence-electron chi connectivity index (χ4n) is 2.08. The van der Waals surface area contributed by atoms with Crippen LogP contribution in [0.2, 0.25) is 10.3 Å². The number of H-pyrrole nitrogens is 1. The summed E-state index contributed by atoms with van der Waals surface area (Å²) >= 11 is 12.0.